The predicted octanol–water partition coefficient (Wildman–Crippen LogP) is 3.00. The molecular formula is C25H33N3O5. The van der Waals surface area contributed by atoms with Crippen LogP contribution in [0.1, 0.15) is 33.1 Å². The zero-order valence-electron chi connectivity index (χ0n) is 19.4. The normalized spacial score (nSPS) is 36.6. The zero-order valence-corrected chi connectivity index (χ0v) is 19.4. The van der Waals surface area contributed by atoms with E-state index >= 15 is 0 Å². The Balaban J connectivity index is 1.25. The van der Waals surface area contributed by atoms with E-state index in [9.17, 15) is 20.0 Å². The number of hydrogen-bond acceptors (Lipinski definition) is 7. The number of rotatable bonds is 4. The lowest BCUT2D eigenvalue weighted by Gasteiger charge is -2.52. The van der Waals surface area contributed by atoms with Crippen molar-refractivity contribution in [3.8, 4) is 0 Å². The second-order valence-corrected chi connectivity index (χ2v) is 10.4. The second-order valence-electron chi connectivity index (χ2n) is 10.4. The van der Waals surface area contributed by atoms with Gasteiger partial charge in [0.15, 0.2) is 0 Å². The highest BCUT2D eigenvalue weighted by Gasteiger charge is 2.59. The molecule has 6 atom stereocenters. The maximum absolute atomic E-state index is 12.9. The number of fused-ring (bicyclic) bond motifs is 2. The van der Waals surface area contributed by atoms with E-state index in [2.05, 4.69) is 29.7 Å². The van der Waals surface area contributed by atoms with Gasteiger partial charge in [0.25, 0.3) is 5.69 Å². The van der Waals surface area contributed by atoms with Crippen molar-refractivity contribution in [2.24, 2.45) is 23.2 Å². The first-order chi connectivity index (χ1) is 15.8. The van der Waals surface area contributed by atoms with Gasteiger partial charge in [-0.3, -0.25) is 19.8 Å². The Morgan fingerprint density at radius 2 is 1.91 bits per heavy atom. The molecule has 2 saturated heterocycles. The minimum atomic E-state index is -0.573. The summed E-state index contributed by atoms with van der Waals surface area (Å²) in [6.07, 6.45) is 4.32. The van der Waals surface area contributed by atoms with Crippen LogP contribution in [0, 0.1) is 33.3 Å². The van der Waals surface area contributed by atoms with Gasteiger partial charge in [-0.05, 0) is 30.9 Å². The first-order valence-corrected chi connectivity index (χ1v) is 12.1. The number of piperazine rings is 1. The number of hydrogen-bond donors (Lipinski definition) is 1. The number of allylic oxidation sites excluding steroid dienone is 1. The van der Waals surface area contributed by atoms with Crippen molar-refractivity contribution >= 4 is 17.3 Å². The van der Waals surface area contributed by atoms with Gasteiger partial charge in [-0.25, -0.2) is 0 Å². The van der Waals surface area contributed by atoms with Crippen molar-refractivity contribution in [2.45, 2.75) is 45.3 Å². The summed E-state index contributed by atoms with van der Waals surface area (Å²) < 4.78 is 5.81. The van der Waals surface area contributed by atoms with Crippen LogP contribution in [0.5, 0.6) is 0 Å². The Hall–Kier alpha value is -2.45. The topological polar surface area (TPSA) is 96.2 Å². The van der Waals surface area contributed by atoms with E-state index in [1.54, 1.807) is 12.1 Å². The molecule has 1 aromatic rings. The third kappa shape index (κ3) is 3.73. The maximum atomic E-state index is 12.9. The lowest BCUT2D eigenvalue weighted by molar-refractivity contribution is -0.384. The number of non-ortho nitro benzene ring substituents is 1. The van der Waals surface area contributed by atoms with Crippen molar-refractivity contribution in [1.29, 1.82) is 0 Å². The number of ether oxygens (including phenoxy) is 1. The molecule has 3 fully saturated rings. The number of benzene rings is 1. The fraction of sp³-hybridized carbons (Fsp3) is 0.640. The Bertz CT molecular complexity index is 955. The van der Waals surface area contributed by atoms with Gasteiger partial charge in [0.1, 0.15) is 6.10 Å². The molecule has 0 bridgehead atoms. The van der Waals surface area contributed by atoms with Gasteiger partial charge in [-0.15, -0.1) is 0 Å². The first kappa shape index (κ1) is 22.3. The fourth-order valence-corrected chi connectivity index (χ4v) is 6.53. The highest BCUT2D eigenvalue weighted by atomic mass is 16.6. The number of aliphatic hydroxyl groups is 1. The molecule has 1 saturated carbocycles. The van der Waals surface area contributed by atoms with E-state index in [0.29, 0.717) is 12.5 Å². The molecule has 1 aromatic carbocycles. The highest BCUT2D eigenvalue weighted by Crippen LogP contribution is 2.56. The molecular weight excluding hydrogens is 422 g/mol. The minimum Gasteiger partial charge on any atom is -0.461 e. The molecule has 0 amide bonds. The molecule has 4 aliphatic rings. The van der Waals surface area contributed by atoms with E-state index in [1.165, 1.54) is 17.7 Å². The molecule has 8 nitrogen and oxygen atoms in total. The molecule has 178 valence electrons. The van der Waals surface area contributed by atoms with Crippen molar-refractivity contribution in [3.05, 3.63) is 46.0 Å². The van der Waals surface area contributed by atoms with E-state index in [4.69, 9.17) is 4.74 Å². The van der Waals surface area contributed by atoms with E-state index in [-0.39, 0.29) is 39.9 Å². The van der Waals surface area contributed by atoms with Gasteiger partial charge in [0.2, 0.25) is 0 Å². The summed E-state index contributed by atoms with van der Waals surface area (Å²) in [4.78, 5) is 27.9. The predicted molar refractivity (Wildman–Crippen MR) is 124 cm³/mol. The van der Waals surface area contributed by atoms with Gasteiger partial charge in [0, 0.05) is 68.3 Å². The highest BCUT2D eigenvalue weighted by molar-refractivity contribution is 5.76. The van der Waals surface area contributed by atoms with Crippen molar-refractivity contribution in [2.75, 3.05) is 37.6 Å². The lowest BCUT2D eigenvalue weighted by atomic mass is 9.55. The number of carbonyl (C=O) groups is 1. The van der Waals surface area contributed by atoms with E-state index in [0.717, 1.165) is 51.1 Å². The average Bonchev–Trinajstić information content (AvgIpc) is 3.11. The fourth-order valence-electron chi connectivity index (χ4n) is 6.53. The molecule has 33 heavy (non-hydrogen) atoms. The van der Waals surface area contributed by atoms with Crippen LogP contribution in [0.3, 0.4) is 0 Å². The van der Waals surface area contributed by atoms with Crippen molar-refractivity contribution in [3.63, 3.8) is 0 Å². The van der Waals surface area contributed by atoms with Gasteiger partial charge < -0.3 is 14.7 Å². The van der Waals surface area contributed by atoms with Crippen LogP contribution in [-0.2, 0) is 9.53 Å². The summed E-state index contributed by atoms with van der Waals surface area (Å²) in [5.74, 6) is -0.247. The summed E-state index contributed by atoms with van der Waals surface area (Å²) in [6, 6.07) is 6.66. The summed E-state index contributed by atoms with van der Waals surface area (Å²) in [5.41, 5.74) is 2.05. The maximum Gasteiger partial charge on any atom is 0.311 e. The van der Waals surface area contributed by atoms with Crippen LogP contribution in [0.2, 0.25) is 0 Å². The molecule has 0 radical (unpaired) electrons. The molecule has 2 aliphatic heterocycles. The lowest BCUT2D eigenvalue weighted by Crippen LogP contribution is -2.55. The number of aliphatic hydroxyl groups excluding tert-OH is 1. The molecule has 8 heteroatoms. The first-order valence-electron chi connectivity index (χ1n) is 12.1. The van der Waals surface area contributed by atoms with Crippen LogP contribution in [0.25, 0.3) is 0 Å². The Kier molecular flexibility index (Phi) is 5.69. The van der Waals surface area contributed by atoms with Crippen LogP contribution in [-0.4, -0.2) is 65.8 Å². The largest absolute Gasteiger partial charge is 0.461 e. The van der Waals surface area contributed by atoms with Gasteiger partial charge in [0.05, 0.1) is 16.9 Å². The summed E-state index contributed by atoms with van der Waals surface area (Å²) >= 11 is 0. The molecule has 5 rings (SSSR count). The smallest absolute Gasteiger partial charge is 0.311 e. The van der Waals surface area contributed by atoms with Gasteiger partial charge in [-0.2, -0.15) is 0 Å². The van der Waals surface area contributed by atoms with Crippen LogP contribution in [0.15, 0.2) is 35.9 Å². The molecule has 2 aliphatic carbocycles. The summed E-state index contributed by atoms with van der Waals surface area (Å²) in [5, 5.41) is 22.4. The number of nitro groups is 1. The molecule has 0 spiro atoms. The molecule has 2 heterocycles. The molecule has 0 aromatic heterocycles. The van der Waals surface area contributed by atoms with Crippen LogP contribution < -0.4 is 4.90 Å². The SMILES string of the molecule is CC1CCC=C2CC3OC(=O)C(CN4CCN(c5ccc([N+](=O)[O-])cc5)CC4)C3C(O)C21C. The number of carbonyl (C=O) groups excluding carboxylic acids is 1. The number of anilines is 1. The minimum absolute atomic E-state index is 0.0942. The van der Waals surface area contributed by atoms with Gasteiger partial charge >= 0.3 is 5.97 Å². The van der Waals surface area contributed by atoms with Crippen LogP contribution in [0.4, 0.5) is 11.4 Å². The van der Waals surface area contributed by atoms with E-state index in [1.807, 2.05) is 0 Å². The third-order valence-corrected chi connectivity index (χ3v) is 8.82. The Morgan fingerprint density at radius 1 is 1.21 bits per heavy atom. The molecule has 1 N–H and O–H groups in total. The monoisotopic (exact) mass is 455 g/mol. The second kappa shape index (κ2) is 8.40. The number of nitro benzene ring substituents is 1. The van der Waals surface area contributed by atoms with Crippen molar-refractivity contribution in [1.82, 2.24) is 4.90 Å². The standard InChI is InChI=1S/C25H33N3O5/c1-16-4-3-5-17-14-21-22(23(29)25(16,17)2)20(24(30)33-21)15-26-10-12-27(13-11-26)18-6-8-19(9-7-18)28(31)32/h5-9,16,20-23,29H,3-4,10-15H2,1-2H3. The number of nitrogens with zero attached hydrogens (tertiary/aromatic N) is 3. The zero-order chi connectivity index (χ0) is 23.3. The van der Waals surface area contributed by atoms with Crippen molar-refractivity contribution < 1.29 is 19.6 Å². The number of esters is 1. The molecule has 6 unspecified atom stereocenters. The summed E-state index contributed by atoms with van der Waals surface area (Å²) in [7, 11) is 0. The Morgan fingerprint density at radius 3 is 2.58 bits per heavy atom. The Labute approximate surface area is 194 Å². The van der Waals surface area contributed by atoms with Crippen LogP contribution >= 0.6 is 0 Å². The van der Waals surface area contributed by atoms with E-state index < -0.39 is 6.10 Å². The van der Waals surface area contributed by atoms with Gasteiger partial charge in [-0.1, -0.05) is 25.5 Å². The summed E-state index contributed by atoms with van der Waals surface area (Å²) in [6.45, 7) is 8.18. The third-order valence-electron chi connectivity index (χ3n) is 8.82. The average molecular weight is 456 g/mol. The quantitative estimate of drug-likeness (QED) is 0.323.